The first-order chi connectivity index (χ1) is 26.6. The van der Waals surface area contributed by atoms with Crippen molar-refractivity contribution >= 4 is 53.6 Å². The Morgan fingerprint density at radius 1 is 0.407 bits per heavy atom. The third-order valence-electron chi connectivity index (χ3n) is 12.4. The molecule has 4 heterocycles. The van der Waals surface area contributed by atoms with Crippen LogP contribution in [0.5, 0.6) is 0 Å². The molecular weight excluding hydrogens is 673 g/mol. The molecule has 10 aromatic rings. The van der Waals surface area contributed by atoms with Crippen molar-refractivity contribution < 1.29 is 0 Å². The quantitative estimate of drug-likeness (QED) is 0.169. The summed E-state index contributed by atoms with van der Waals surface area (Å²) in [7, 11) is -1.45. The molecule has 12 rings (SSSR count). The number of hydrogen-bond donors (Lipinski definition) is 0. The zero-order chi connectivity index (χ0) is 35.8. The standard InChI is InChI=1S/C51H36N2S/c1-54(2)48-28-12-7-21-41(48)51(40-20-6-11-27-47(40)53-46-26-10-5-17-38(46)39-19-14-22-42(51)49(39)53)43-23-13-18-35(50(43)54)33-29-31-34(32-30-33)52-44-24-8-3-15-36(44)37-16-4-9-25-45(37)52/h3-32H,1-2H3. The van der Waals surface area contributed by atoms with E-state index in [4.69, 9.17) is 0 Å². The molecule has 3 heteroatoms. The highest BCUT2D eigenvalue weighted by Gasteiger charge is 2.52. The van der Waals surface area contributed by atoms with Gasteiger partial charge in [0.05, 0.1) is 33.2 Å². The van der Waals surface area contributed by atoms with Crippen LogP contribution in [-0.2, 0) is 5.41 Å². The maximum Gasteiger partial charge on any atom is 0.0763 e. The Balaban J connectivity index is 1.16. The average molecular weight is 709 g/mol. The van der Waals surface area contributed by atoms with Crippen molar-refractivity contribution in [1.82, 2.24) is 9.13 Å². The number of nitrogens with zero attached hydrogens (tertiary/aromatic N) is 2. The van der Waals surface area contributed by atoms with Crippen LogP contribution in [-0.4, -0.2) is 21.6 Å². The van der Waals surface area contributed by atoms with E-state index in [1.54, 1.807) is 0 Å². The fourth-order valence-corrected chi connectivity index (χ4v) is 13.3. The molecule has 0 amide bonds. The second-order valence-corrected chi connectivity index (χ2v) is 18.7. The minimum absolute atomic E-state index is 0.492. The molecule has 2 aromatic heterocycles. The minimum Gasteiger partial charge on any atom is -0.309 e. The molecule has 54 heavy (non-hydrogen) atoms. The van der Waals surface area contributed by atoms with Crippen LogP contribution in [0.3, 0.4) is 0 Å². The van der Waals surface area contributed by atoms with E-state index in [0.29, 0.717) is 0 Å². The Kier molecular flexibility index (Phi) is 5.96. The van der Waals surface area contributed by atoms with Crippen molar-refractivity contribution in [3.8, 4) is 22.5 Å². The zero-order valence-electron chi connectivity index (χ0n) is 30.1. The molecule has 256 valence electrons. The minimum atomic E-state index is -1.45. The van der Waals surface area contributed by atoms with E-state index < -0.39 is 15.4 Å². The van der Waals surface area contributed by atoms with Crippen LogP contribution in [0.1, 0.15) is 22.3 Å². The van der Waals surface area contributed by atoms with Crippen LogP contribution >= 0.6 is 10.0 Å². The van der Waals surface area contributed by atoms with Crippen LogP contribution in [0.4, 0.5) is 0 Å². The lowest BCUT2D eigenvalue weighted by Crippen LogP contribution is -2.39. The van der Waals surface area contributed by atoms with E-state index >= 15 is 0 Å². The Bertz CT molecular complexity index is 3140. The molecule has 0 N–H and O–H groups in total. The van der Waals surface area contributed by atoms with E-state index in [2.05, 4.69) is 204 Å². The predicted molar refractivity (Wildman–Crippen MR) is 228 cm³/mol. The molecule has 1 atom stereocenters. The number of fused-ring (bicyclic) bond motifs is 14. The molecule has 2 aliphatic rings. The van der Waals surface area contributed by atoms with Crippen molar-refractivity contribution in [2.45, 2.75) is 15.2 Å². The fourth-order valence-electron chi connectivity index (χ4n) is 10.4. The maximum atomic E-state index is 2.53. The molecule has 0 aliphatic carbocycles. The van der Waals surface area contributed by atoms with Crippen LogP contribution < -0.4 is 0 Å². The van der Waals surface area contributed by atoms with Crippen molar-refractivity contribution in [3.05, 3.63) is 204 Å². The monoisotopic (exact) mass is 708 g/mol. The van der Waals surface area contributed by atoms with Gasteiger partial charge in [-0.25, -0.2) is 0 Å². The first kappa shape index (κ1) is 30.2. The molecule has 0 saturated heterocycles. The van der Waals surface area contributed by atoms with Gasteiger partial charge in [-0.05, 0) is 93.3 Å². The van der Waals surface area contributed by atoms with Gasteiger partial charge in [0.25, 0.3) is 0 Å². The van der Waals surface area contributed by atoms with Crippen LogP contribution in [0.25, 0.3) is 66.1 Å². The highest BCUT2D eigenvalue weighted by Crippen LogP contribution is 2.71. The normalized spacial score (nSPS) is 17.1. The van der Waals surface area contributed by atoms with E-state index in [-0.39, 0.29) is 0 Å². The SMILES string of the molecule is CS1(C)c2ccccc2C2(c3ccccc3-n3c4ccccc4c4cccc2c43)c2cccc(-c3ccc(-n4c5ccccc5c5ccccc54)cc3)c21. The lowest BCUT2D eigenvalue weighted by atomic mass is 9.62. The number of para-hydroxylation sites is 5. The number of benzene rings is 8. The highest BCUT2D eigenvalue weighted by atomic mass is 32.3. The van der Waals surface area contributed by atoms with Gasteiger partial charge in [-0.1, -0.05) is 140 Å². The van der Waals surface area contributed by atoms with Gasteiger partial charge in [-0.2, -0.15) is 10.0 Å². The maximum absolute atomic E-state index is 2.53. The molecule has 8 aromatic carbocycles. The van der Waals surface area contributed by atoms with Gasteiger partial charge in [0, 0.05) is 32.1 Å². The molecule has 0 radical (unpaired) electrons. The van der Waals surface area contributed by atoms with Crippen molar-refractivity contribution in [1.29, 1.82) is 0 Å². The number of hydrogen-bond acceptors (Lipinski definition) is 0. The smallest absolute Gasteiger partial charge is 0.0763 e. The van der Waals surface area contributed by atoms with Gasteiger partial charge in [-0.15, -0.1) is 0 Å². The molecule has 1 spiro atoms. The first-order valence-corrected chi connectivity index (χ1v) is 21.2. The molecular formula is C51H36N2S. The van der Waals surface area contributed by atoms with Gasteiger partial charge in [-0.3, -0.25) is 0 Å². The number of aromatic nitrogens is 2. The molecule has 0 fully saturated rings. The average Bonchev–Trinajstić information content (AvgIpc) is 3.75. The Morgan fingerprint density at radius 2 is 0.926 bits per heavy atom. The van der Waals surface area contributed by atoms with Gasteiger partial charge in [0.2, 0.25) is 0 Å². The van der Waals surface area contributed by atoms with Crippen LogP contribution in [0.2, 0.25) is 0 Å². The summed E-state index contributed by atoms with van der Waals surface area (Å²) in [6.45, 7) is 0. The Hall–Kier alpha value is -6.29. The molecule has 0 saturated carbocycles. The van der Waals surface area contributed by atoms with E-state index in [1.165, 1.54) is 98.2 Å². The zero-order valence-corrected chi connectivity index (χ0v) is 30.9. The predicted octanol–water partition coefficient (Wildman–Crippen LogP) is 13.0. The van der Waals surface area contributed by atoms with Crippen molar-refractivity contribution in [3.63, 3.8) is 0 Å². The van der Waals surface area contributed by atoms with Crippen molar-refractivity contribution in [2.75, 3.05) is 12.5 Å². The lowest BCUT2D eigenvalue weighted by molar-refractivity contribution is 0.687. The van der Waals surface area contributed by atoms with Crippen LogP contribution in [0, 0.1) is 0 Å². The lowest BCUT2D eigenvalue weighted by Gasteiger charge is -2.52. The fraction of sp³-hybridized carbons (Fsp3) is 0.0588. The largest absolute Gasteiger partial charge is 0.309 e. The summed E-state index contributed by atoms with van der Waals surface area (Å²) >= 11 is 0. The number of rotatable bonds is 2. The van der Waals surface area contributed by atoms with E-state index in [1.807, 2.05) is 0 Å². The third-order valence-corrected chi connectivity index (χ3v) is 15.4. The summed E-state index contributed by atoms with van der Waals surface area (Å²) in [5.41, 5.74) is 15.1. The van der Waals surface area contributed by atoms with Gasteiger partial charge >= 0.3 is 0 Å². The molecule has 1 unspecified atom stereocenters. The summed E-state index contributed by atoms with van der Waals surface area (Å²) in [5, 5.41) is 5.18. The van der Waals surface area contributed by atoms with Gasteiger partial charge in [0.15, 0.2) is 0 Å². The first-order valence-electron chi connectivity index (χ1n) is 18.8. The highest BCUT2D eigenvalue weighted by molar-refractivity contribution is 8.33. The van der Waals surface area contributed by atoms with Crippen molar-refractivity contribution in [2.24, 2.45) is 0 Å². The summed E-state index contributed by atoms with van der Waals surface area (Å²) < 4.78 is 4.95. The van der Waals surface area contributed by atoms with E-state index in [9.17, 15) is 0 Å². The molecule has 2 aliphatic heterocycles. The van der Waals surface area contributed by atoms with Gasteiger partial charge < -0.3 is 9.13 Å². The van der Waals surface area contributed by atoms with Gasteiger partial charge in [0.1, 0.15) is 0 Å². The molecule has 0 bridgehead atoms. The summed E-state index contributed by atoms with van der Waals surface area (Å²) in [4.78, 5) is 2.94. The Labute approximate surface area is 315 Å². The summed E-state index contributed by atoms with van der Waals surface area (Å²) in [6, 6.07) is 68.5. The second kappa shape index (κ2) is 10.7. The van der Waals surface area contributed by atoms with E-state index in [0.717, 1.165) is 0 Å². The summed E-state index contributed by atoms with van der Waals surface area (Å²) in [5.74, 6) is 0. The second-order valence-electron chi connectivity index (χ2n) is 15.2. The topological polar surface area (TPSA) is 9.86 Å². The Morgan fingerprint density at radius 3 is 1.65 bits per heavy atom. The summed E-state index contributed by atoms with van der Waals surface area (Å²) in [6.07, 6.45) is 5.03. The van der Waals surface area contributed by atoms with Crippen LogP contribution in [0.15, 0.2) is 192 Å². The molecule has 2 nitrogen and oxygen atoms in total. The third kappa shape index (κ3) is 3.63.